The number of alkyl halides is 3. The summed E-state index contributed by atoms with van der Waals surface area (Å²) in [5.74, 6) is -1.08. The van der Waals surface area contributed by atoms with Gasteiger partial charge in [-0.3, -0.25) is 4.79 Å². The molecule has 1 fully saturated rings. The molecule has 1 aromatic heterocycles. The van der Waals surface area contributed by atoms with E-state index < -0.39 is 18.2 Å². The molecule has 1 atom stereocenters. The number of rotatable bonds is 3. The second-order valence-corrected chi connectivity index (χ2v) is 6.34. The van der Waals surface area contributed by atoms with E-state index in [1.807, 2.05) is 12.3 Å². The number of nitrogens with zero attached hydrogens (tertiary/aromatic N) is 2. The third-order valence-electron chi connectivity index (χ3n) is 3.67. The van der Waals surface area contributed by atoms with Crippen molar-refractivity contribution in [2.75, 3.05) is 13.1 Å². The van der Waals surface area contributed by atoms with E-state index >= 15 is 0 Å². The summed E-state index contributed by atoms with van der Waals surface area (Å²) >= 11 is 1.48. The van der Waals surface area contributed by atoms with E-state index in [-0.39, 0.29) is 31.8 Å². The highest BCUT2D eigenvalue weighted by molar-refractivity contribution is 7.09. The second kappa shape index (κ2) is 6.78. The SMILES string of the molecule is Cc1nc(/C=C/C(=O)N2CCC(C(O)C(F)(F)F)CC2)cs1. The molecule has 122 valence electrons. The topological polar surface area (TPSA) is 53.4 Å². The highest BCUT2D eigenvalue weighted by Gasteiger charge is 2.44. The van der Waals surface area contributed by atoms with Crippen LogP contribution in [0.4, 0.5) is 13.2 Å². The van der Waals surface area contributed by atoms with Gasteiger partial charge in [0.15, 0.2) is 6.10 Å². The fourth-order valence-corrected chi connectivity index (χ4v) is 3.00. The molecule has 1 aromatic rings. The molecule has 1 aliphatic rings. The third kappa shape index (κ3) is 4.30. The van der Waals surface area contributed by atoms with Crippen molar-refractivity contribution in [3.8, 4) is 0 Å². The quantitative estimate of drug-likeness (QED) is 0.865. The van der Waals surface area contributed by atoms with Crippen LogP contribution < -0.4 is 0 Å². The number of piperidine rings is 1. The predicted octanol–water partition coefficient (Wildman–Crippen LogP) is 2.63. The fourth-order valence-electron chi connectivity index (χ4n) is 2.42. The van der Waals surface area contributed by atoms with Crippen LogP contribution in [0.5, 0.6) is 0 Å². The van der Waals surface area contributed by atoms with Crippen molar-refractivity contribution < 1.29 is 23.1 Å². The standard InChI is InChI=1S/C14H17F3N2O2S/c1-9-18-11(8-22-9)2-3-12(20)19-6-4-10(5-7-19)13(21)14(15,16)17/h2-3,8,10,13,21H,4-7H2,1H3/b3-2+. The van der Waals surface area contributed by atoms with Crippen molar-refractivity contribution in [3.63, 3.8) is 0 Å². The van der Waals surface area contributed by atoms with E-state index in [2.05, 4.69) is 4.98 Å². The van der Waals surface area contributed by atoms with Crippen LogP contribution in [0.15, 0.2) is 11.5 Å². The van der Waals surface area contributed by atoms with E-state index in [0.29, 0.717) is 5.69 Å². The fraction of sp³-hybridized carbons (Fsp3) is 0.571. The number of carbonyl (C=O) groups is 1. The number of aliphatic hydroxyl groups is 1. The number of hydrogen-bond acceptors (Lipinski definition) is 4. The monoisotopic (exact) mass is 334 g/mol. The maximum atomic E-state index is 12.5. The Bertz CT molecular complexity index is 549. The molecule has 1 saturated heterocycles. The number of aryl methyl sites for hydroxylation is 1. The molecule has 0 radical (unpaired) electrons. The van der Waals surface area contributed by atoms with E-state index in [1.54, 1.807) is 6.08 Å². The second-order valence-electron chi connectivity index (χ2n) is 5.27. The summed E-state index contributed by atoms with van der Waals surface area (Å²) in [5.41, 5.74) is 0.693. The number of carbonyl (C=O) groups excluding carboxylic acids is 1. The summed E-state index contributed by atoms with van der Waals surface area (Å²) in [5, 5.41) is 12.0. The normalized spacial score (nSPS) is 18.9. The Hall–Kier alpha value is -1.41. The van der Waals surface area contributed by atoms with Crippen molar-refractivity contribution >= 4 is 23.3 Å². The maximum Gasteiger partial charge on any atom is 0.414 e. The minimum Gasteiger partial charge on any atom is -0.383 e. The molecule has 0 aliphatic carbocycles. The molecule has 8 heteroatoms. The first kappa shape index (κ1) is 17.0. The highest BCUT2D eigenvalue weighted by Crippen LogP contribution is 2.31. The van der Waals surface area contributed by atoms with Crippen LogP contribution in [0.3, 0.4) is 0 Å². The average Bonchev–Trinajstić information content (AvgIpc) is 2.89. The summed E-state index contributed by atoms with van der Waals surface area (Å²) in [4.78, 5) is 17.7. The molecule has 4 nitrogen and oxygen atoms in total. The van der Waals surface area contributed by atoms with Gasteiger partial charge in [0.05, 0.1) is 10.7 Å². The zero-order chi connectivity index (χ0) is 16.3. The molecule has 1 unspecified atom stereocenters. The van der Waals surface area contributed by atoms with Crippen LogP contribution in [-0.4, -0.2) is 46.3 Å². The lowest BCUT2D eigenvalue weighted by atomic mass is 9.91. The Kier molecular flexibility index (Phi) is 5.23. The van der Waals surface area contributed by atoms with Crippen LogP contribution >= 0.6 is 11.3 Å². The number of aliphatic hydroxyl groups excluding tert-OH is 1. The lowest BCUT2D eigenvalue weighted by Gasteiger charge is -2.34. The molecule has 22 heavy (non-hydrogen) atoms. The number of aromatic nitrogens is 1. The summed E-state index contributed by atoms with van der Waals surface area (Å²) in [7, 11) is 0. The van der Waals surface area contributed by atoms with Gasteiger partial charge < -0.3 is 10.0 Å². The number of hydrogen-bond donors (Lipinski definition) is 1. The van der Waals surface area contributed by atoms with Gasteiger partial charge in [-0.2, -0.15) is 13.2 Å². The van der Waals surface area contributed by atoms with Crippen LogP contribution in [0.25, 0.3) is 6.08 Å². The molecule has 0 spiro atoms. The van der Waals surface area contributed by atoms with Gasteiger partial charge in [-0.25, -0.2) is 4.98 Å². The third-order valence-corrected chi connectivity index (χ3v) is 4.46. The molecule has 0 bridgehead atoms. The van der Waals surface area contributed by atoms with Crippen LogP contribution in [0.1, 0.15) is 23.5 Å². The zero-order valence-electron chi connectivity index (χ0n) is 12.0. The minimum absolute atomic E-state index is 0.149. The number of halogens is 3. The molecular weight excluding hydrogens is 317 g/mol. The maximum absolute atomic E-state index is 12.5. The molecular formula is C14H17F3N2O2S. The Morgan fingerprint density at radius 2 is 2.14 bits per heavy atom. The first-order valence-electron chi connectivity index (χ1n) is 6.91. The van der Waals surface area contributed by atoms with Gasteiger partial charge in [0, 0.05) is 24.5 Å². The Morgan fingerprint density at radius 1 is 1.50 bits per heavy atom. The van der Waals surface area contributed by atoms with Gasteiger partial charge >= 0.3 is 6.18 Å². The highest BCUT2D eigenvalue weighted by atomic mass is 32.1. The molecule has 0 saturated carbocycles. The van der Waals surface area contributed by atoms with Crippen LogP contribution in [0.2, 0.25) is 0 Å². The molecule has 0 aromatic carbocycles. The molecule has 2 heterocycles. The average molecular weight is 334 g/mol. The van der Waals surface area contributed by atoms with E-state index in [4.69, 9.17) is 0 Å². The van der Waals surface area contributed by atoms with Crippen LogP contribution in [-0.2, 0) is 4.79 Å². The predicted molar refractivity (Wildman–Crippen MR) is 77.3 cm³/mol. The van der Waals surface area contributed by atoms with E-state index in [1.165, 1.54) is 22.3 Å². The lowest BCUT2D eigenvalue weighted by molar-refractivity contribution is -0.222. The van der Waals surface area contributed by atoms with Crippen molar-refractivity contribution in [1.82, 2.24) is 9.88 Å². The number of thiazole rings is 1. The summed E-state index contributed by atoms with van der Waals surface area (Å²) in [6.07, 6.45) is -3.62. The molecule has 1 amide bonds. The molecule has 2 rings (SSSR count). The first-order valence-corrected chi connectivity index (χ1v) is 7.79. The molecule has 1 aliphatic heterocycles. The van der Waals surface area contributed by atoms with Crippen LogP contribution in [0, 0.1) is 12.8 Å². The van der Waals surface area contributed by atoms with Gasteiger partial charge in [0.25, 0.3) is 0 Å². The summed E-state index contributed by atoms with van der Waals surface area (Å²) < 4.78 is 37.4. The summed E-state index contributed by atoms with van der Waals surface area (Å²) in [6.45, 7) is 2.30. The Labute approximate surface area is 130 Å². The number of likely N-dealkylation sites (tertiary alicyclic amines) is 1. The van der Waals surface area contributed by atoms with Gasteiger partial charge in [-0.1, -0.05) is 0 Å². The van der Waals surface area contributed by atoms with Crippen molar-refractivity contribution in [2.45, 2.75) is 32.0 Å². The van der Waals surface area contributed by atoms with Crippen molar-refractivity contribution in [3.05, 3.63) is 22.2 Å². The van der Waals surface area contributed by atoms with E-state index in [9.17, 15) is 23.1 Å². The van der Waals surface area contributed by atoms with Gasteiger partial charge in [0.2, 0.25) is 5.91 Å². The van der Waals surface area contributed by atoms with Gasteiger partial charge in [0.1, 0.15) is 0 Å². The van der Waals surface area contributed by atoms with E-state index in [0.717, 1.165) is 5.01 Å². The Morgan fingerprint density at radius 3 is 2.64 bits per heavy atom. The lowest BCUT2D eigenvalue weighted by Crippen LogP contribution is -2.44. The van der Waals surface area contributed by atoms with Gasteiger partial charge in [-0.15, -0.1) is 11.3 Å². The number of amides is 1. The summed E-state index contributed by atoms with van der Waals surface area (Å²) in [6, 6.07) is 0. The first-order chi connectivity index (χ1) is 10.3. The smallest absolute Gasteiger partial charge is 0.383 e. The zero-order valence-corrected chi connectivity index (χ0v) is 12.8. The Balaban J connectivity index is 1.86. The van der Waals surface area contributed by atoms with Gasteiger partial charge in [-0.05, 0) is 31.8 Å². The minimum atomic E-state index is -4.60. The van der Waals surface area contributed by atoms with Crippen molar-refractivity contribution in [2.24, 2.45) is 5.92 Å². The largest absolute Gasteiger partial charge is 0.414 e. The molecule has 1 N–H and O–H groups in total. The van der Waals surface area contributed by atoms with Crippen molar-refractivity contribution in [1.29, 1.82) is 0 Å².